The summed E-state index contributed by atoms with van der Waals surface area (Å²) in [6, 6.07) is 44.0. The van der Waals surface area contributed by atoms with Gasteiger partial charge in [0.25, 0.3) is 0 Å². The van der Waals surface area contributed by atoms with Crippen molar-refractivity contribution in [3.8, 4) is 0 Å². The van der Waals surface area contributed by atoms with Gasteiger partial charge in [-0.15, -0.1) is 0 Å². The quantitative estimate of drug-likeness (QED) is 0.129. The average molecular weight is 683 g/mol. The Morgan fingerprint density at radius 3 is 0.881 bits per heavy atom. The SMILES string of the molecule is CCCCc1ccc(N(c2ccc(Br)cc2)c2ccc(N(c3ccc(Br)cc3)c3ccc(CCCC)cc3)cc2)cc1. The summed E-state index contributed by atoms with van der Waals surface area (Å²) in [6.45, 7) is 4.49. The maximum Gasteiger partial charge on any atom is 0.0463 e. The molecule has 0 aliphatic carbocycles. The van der Waals surface area contributed by atoms with Crippen LogP contribution in [0.1, 0.15) is 50.7 Å². The van der Waals surface area contributed by atoms with E-state index in [2.05, 4.69) is 177 Å². The molecule has 0 bridgehead atoms. The molecule has 4 heteroatoms. The molecule has 0 unspecified atom stereocenters. The highest BCUT2D eigenvalue weighted by Crippen LogP contribution is 2.39. The summed E-state index contributed by atoms with van der Waals surface area (Å²) < 4.78 is 2.14. The number of aryl methyl sites for hydroxylation is 2. The molecular weight excluding hydrogens is 644 g/mol. The maximum atomic E-state index is 3.60. The van der Waals surface area contributed by atoms with E-state index in [1.807, 2.05) is 0 Å². The van der Waals surface area contributed by atoms with Gasteiger partial charge in [0, 0.05) is 43.1 Å². The molecule has 0 spiro atoms. The van der Waals surface area contributed by atoms with Gasteiger partial charge >= 0.3 is 0 Å². The average Bonchev–Trinajstić information content (AvgIpc) is 3.03. The van der Waals surface area contributed by atoms with Gasteiger partial charge in [-0.1, -0.05) is 82.8 Å². The van der Waals surface area contributed by atoms with Crippen LogP contribution in [0.5, 0.6) is 0 Å². The summed E-state index contributed by atoms with van der Waals surface area (Å²) in [5.74, 6) is 0. The largest absolute Gasteiger partial charge is 0.311 e. The van der Waals surface area contributed by atoms with Crippen molar-refractivity contribution in [2.45, 2.75) is 52.4 Å². The first-order chi connectivity index (χ1) is 20.6. The van der Waals surface area contributed by atoms with Crippen LogP contribution in [0, 0.1) is 0 Å². The van der Waals surface area contributed by atoms with Gasteiger partial charge in [0.1, 0.15) is 0 Å². The third-order valence-electron chi connectivity index (χ3n) is 7.56. The molecule has 0 saturated heterocycles. The molecule has 5 rings (SSSR count). The summed E-state index contributed by atoms with van der Waals surface area (Å²) in [5.41, 5.74) is 9.56. The molecule has 0 aliphatic heterocycles. The van der Waals surface area contributed by atoms with Crippen molar-refractivity contribution < 1.29 is 0 Å². The molecule has 0 saturated carbocycles. The molecule has 0 aromatic heterocycles. The van der Waals surface area contributed by atoms with Gasteiger partial charge in [0.15, 0.2) is 0 Å². The summed E-state index contributed by atoms with van der Waals surface area (Å²) in [6.07, 6.45) is 7.09. The fraction of sp³-hybridized carbons (Fsp3) is 0.211. The molecule has 0 fully saturated rings. The number of nitrogens with zero attached hydrogens (tertiary/aromatic N) is 2. The Kier molecular flexibility index (Phi) is 10.6. The summed E-state index contributed by atoms with van der Waals surface area (Å²) in [4.78, 5) is 4.65. The van der Waals surface area contributed by atoms with Gasteiger partial charge in [-0.25, -0.2) is 0 Å². The standard InChI is InChI=1S/C38H38Br2N2/c1-3-5-7-29-9-17-33(18-10-29)41(35-21-13-31(39)14-22-35)37-25-27-38(28-26-37)42(36-23-15-32(40)16-24-36)34-19-11-30(12-20-34)8-6-4-2/h9-28H,3-8H2,1-2H3. The Morgan fingerprint density at radius 2 is 0.619 bits per heavy atom. The lowest BCUT2D eigenvalue weighted by Gasteiger charge is -2.28. The molecule has 5 aromatic carbocycles. The van der Waals surface area contributed by atoms with Crippen molar-refractivity contribution in [2.75, 3.05) is 9.80 Å². The van der Waals surface area contributed by atoms with Crippen LogP contribution in [0.2, 0.25) is 0 Å². The Balaban J connectivity index is 1.51. The van der Waals surface area contributed by atoms with E-state index in [0.29, 0.717) is 0 Å². The third kappa shape index (κ3) is 7.53. The Bertz CT molecular complexity index is 1410. The normalized spacial score (nSPS) is 11.0. The molecule has 0 heterocycles. The fourth-order valence-electron chi connectivity index (χ4n) is 5.21. The number of hydrogen-bond donors (Lipinski definition) is 0. The lowest BCUT2D eigenvalue weighted by Crippen LogP contribution is -2.12. The monoisotopic (exact) mass is 680 g/mol. The number of hydrogen-bond acceptors (Lipinski definition) is 2. The van der Waals surface area contributed by atoms with Crippen molar-refractivity contribution in [1.82, 2.24) is 0 Å². The minimum absolute atomic E-state index is 1.07. The van der Waals surface area contributed by atoms with Crippen molar-refractivity contribution >= 4 is 66.0 Å². The van der Waals surface area contributed by atoms with Gasteiger partial charge in [0.05, 0.1) is 0 Å². The summed E-state index contributed by atoms with van der Waals surface area (Å²) in [7, 11) is 0. The first-order valence-electron chi connectivity index (χ1n) is 14.9. The number of rotatable bonds is 12. The minimum atomic E-state index is 1.07. The zero-order chi connectivity index (χ0) is 29.3. The van der Waals surface area contributed by atoms with Crippen LogP contribution in [0.3, 0.4) is 0 Å². The number of benzene rings is 5. The van der Waals surface area contributed by atoms with Crippen LogP contribution in [-0.2, 0) is 12.8 Å². The second-order valence-electron chi connectivity index (χ2n) is 10.7. The second kappa shape index (κ2) is 14.7. The zero-order valence-electron chi connectivity index (χ0n) is 24.4. The maximum absolute atomic E-state index is 3.60. The minimum Gasteiger partial charge on any atom is -0.311 e. The van der Waals surface area contributed by atoms with E-state index in [-0.39, 0.29) is 0 Å². The van der Waals surface area contributed by atoms with E-state index in [4.69, 9.17) is 0 Å². The highest BCUT2D eigenvalue weighted by Gasteiger charge is 2.16. The van der Waals surface area contributed by atoms with E-state index in [1.165, 1.54) is 36.8 Å². The van der Waals surface area contributed by atoms with Crippen molar-refractivity contribution in [2.24, 2.45) is 0 Å². The molecule has 214 valence electrons. The molecule has 0 radical (unpaired) electrons. The van der Waals surface area contributed by atoms with Crippen LogP contribution < -0.4 is 9.80 Å². The smallest absolute Gasteiger partial charge is 0.0463 e. The van der Waals surface area contributed by atoms with Gasteiger partial charge in [-0.3, -0.25) is 0 Å². The molecule has 2 nitrogen and oxygen atoms in total. The fourth-order valence-corrected chi connectivity index (χ4v) is 5.74. The van der Waals surface area contributed by atoms with Crippen molar-refractivity contribution in [1.29, 1.82) is 0 Å². The third-order valence-corrected chi connectivity index (χ3v) is 8.62. The lowest BCUT2D eigenvalue weighted by atomic mass is 10.1. The van der Waals surface area contributed by atoms with Gasteiger partial charge in [-0.2, -0.15) is 0 Å². The second-order valence-corrected chi connectivity index (χ2v) is 12.5. The summed E-state index contributed by atoms with van der Waals surface area (Å²) in [5, 5.41) is 0. The molecule has 42 heavy (non-hydrogen) atoms. The number of halogens is 2. The lowest BCUT2D eigenvalue weighted by molar-refractivity contribution is 0.795. The van der Waals surface area contributed by atoms with E-state index >= 15 is 0 Å². The molecular formula is C38H38Br2N2. The van der Waals surface area contributed by atoms with Crippen LogP contribution in [0.25, 0.3) is 0 Å². The van der Waals surface area contributed by atoms with Gasteiger partial charge in [-0.05, 0) is 134 Å². The van der Waals surface area contributed by atoms with Crippen molar-refractivity contribution in [3.05, 3.63) is 141 Å². The number of unbranched alkanes of at least 4 members (excludes halogenated alkanes) is 2. The van der Waals surface area contributed by atoms with Crippen LogP contribution in [0.15, 0.2) is 130 Å². The predicted molar refractivity (Wildman–Crippen MR) is 188 cm³/mol. The molecule has 0 amide bonds. The molecule has 0 atom stereocenters. The van der Waals surface area contributed by atoms with E-state index in [0.717, 1.165) is 55.9 Å². The Hall–Kier alpha value is -3.34. The van der Waals surface area contributed by atoms with Crippen LogP contribution in [-0.4, -0.2) is 0 Å². The number of anilines is 6. The molecule has 0 aliphatic rings. The Morgan fingerprint density at radius 1 is 0.381 bits per heavy atom. The highest BCUT2D eigenvalue weighted by molar-refractivity contribution is 9.10. The van der Waals surface area contributed by atoms with Gasteiger partial charge in [0.2, 0.25) is 0 Å². The van der Waals surface area contributed by atoms with Crippen molar-refractivity contribution in [3.63, 3.8) is 0 Å². The molecule has 5 aromatic rings. The first kappa shape index (κ1) is 30.1. The van der Waals surface area contributed by atoms with Crippen LogP contribution >= 0.6 is 31.9 Å². The molecule has 0 N–H and O–H groups in total. The first-order valence-corrected chi connectivity index (χ1v) is 16.5. The van der Waals surface area contributed by atoms with E-state index in [1.54, 1.807) is 0 Å². The van der Waals surface area contributed by atoms with E-state index in [9.17, 15) is 0 Å². The summed E-state index contributed by atoms with van der Waals surface area (Å²) >= 11 is 7.21. The zero-order valence-corrected chi connectivity index (χ0v) is 27.6. The van der Waals surface area contributed by atoms with Gasteiger partial charge < -0.3 is 9.80 Å². The highest BCUT2D eigenvalue weighted by atomic mass is 79.9. The predicted octanol–water partition coefficient (Wildman–Crippen LogP) is 12.8. The van der Waals surface area contributed by atoms with Crippen LogP contribution in [0.4, 0.5) is 34.1 Å². The van der Waals surface area contributed by atoms with E-state index < -0.39 is 0 Å². The topological polar surface area (TPSA) is 6.48 Å². The Labute approximate surface area is 268 Å².